The van der Waals surface area contributed by atoms with Crippen LogP contribution in [0.15, 0.2) is 91.3 Å². The third-order valence-electron chi connectivity index (χ3n) is 11.0. The molecule has 1 aliphatic heterocycles. The van der Waals surface area contributed by atoms with Crippen LogP contribution in [0.4, 0.5) is 11.4 Å². The van der Waals surface area contributed by atoms with E-state index in [1.165, 1.54) is 0 Å². The number of aliphatic hydroxyl groups is 1. The van der Waals surface area contributed by atoms with Crippen LogP contribution in [-0.2, 0) is 4.79 Å². The third-order valence-corrected chi connectivity index (χ3v) is 11.8. The van der Waals surface area contributed by atoms with Crippen LogP contribution in [0.1, 0.15) is 61.1 Å². The van der Waals surface area contributed by atoms with Gasteiger partial charge in [0.2, 0.25) is 0 Å². The molecule has 0 bridgehead atoms. The highest BCUT2D eigenvalue weighted by Gasteiger charge is 2.30. The van der Waals surface area contributed by atoms with E-state index in [0.29, 0.717) is 61.4 Å². The molecule has 0 saturated carbocycles. The third kappa shape index (κ3) is 9.07. The number of unbranched alkanes of at least 4 members (excludes halogenated alkanes) is 2. The minimum absolute atomic E-state index is 0.117. The summed E-state index contributed by atoms with van der Waals surface area (Å²) >= 11 is 19.7. The Morgan fingerprint density at radius 2 is 1.78 bits per heavy atom. The monoisotopic (exact) mass is 840 g/mol. The fourth-order valence-corrected chi connectivity index (χ4v) is 8.67. The Balaban J connectivity index is 1.29. The van der Waals surface area contributed by atoms with Gasteiger partial charge in [-0.25, -0.2) is 4.98 Å². The predicted octanol–water partition coefficient (Wildman–Crippen LogP) is 10.2. The van der Waals surface area contributed by atoms with Crippen LogP contribution < -0.4 is 15.0 Å². The summed E-state index contributed by atoms with van der Waals surface area (Å²) in [6.07, 6.45) is 7.17. The van der Waals surface area contributed by atoms with Crippen molar-refractivity contribution in [3.63, 3.8) is 0 Å². The van der Waals surface area contributed by atoms with E-state index >= 15 is 0 Å². The van der Waals surface area contributed by atoms with E-state index in [0.717, 1.165) is 79.5 Å². The molecule has 0 radical (unpaired) electrons. The minimum atomic E-state index is -0.364. The predicted molar refractivity (Wildman–Crippen MR) is 235 cm³/mol. The van der Waals surface area contributed by atoms with E-state index in [4.69, 9.17) is 44.5 Å². The highest BCUT2D eigenvalue weighted by Crippen LogP contribution is 2.43. The topological polar surface area (TPSA) is 116 Å². The maximum absolute atomic E-state index is 15.0. The first-order chi connectivity index (χ1) is 28.2. The van der Waals surface area contributed by atoms with Crippen molar-refractivity contribution in [2.45, 2.75) is 51.1 Å². The number of aromatic nitrogens is 3. The minimum Gasteiger partial charge on any atom is -0.491 e. The number of carbonyl (C=O) groups excluding carboxylic acids is 2. The molecule has 1 aliphatic rings. The van der Waals surface area contributed by atoms with Gasteiger partial charge in [0.25, 0.3) is 5.91 Å². The van der Waals surface area contributed by atoms with Gasteiger partial charge in [-0.3, -0.25) is 4.79 Å². The molecule has 2 aromatic heterocycles. The second kappa shape index (κ2) is 18.8. The van der Waals surface area contributed by atoms with Crippen molar-refractivity contribution < 1.29 is 19.4 Å². The van der Waals surface area contributed by atoms with E-state index in [2.05, 4.69) is 27.1 Å². The number of rotatable bonds is 16. The first-order valence-electron chi connectivity index (χ1n) is 19.6. The molecule has 10 nitrogen and oxygen atoms in total. The summed E-state index contributed by atoms with van der Waals surface area (Å²) in [5.74, 6) is 0.163. The number of piperidine rings is 1. The average molecular weight is 842 g/mol. The Kier molecular flexibility index (Phi) is 13.4. The molecule has 1 fully saturated rings. The molecule has 58 heavy (non-hydrogen) atoms. The van der Waals surface area contributed by atoms with Crippen molar-refractivity contribution >= 4 is 69.3 Å². The molecule has 0 aliphatic carbocycles. The maximum atomic E-state index is 15.0. The molecular formula is C45H47Cl3N6O4. The van der Waals surface area contributed by atoms with Gasteiger partial charge in [-0.15, -0.1) is 0 Å². The van der Waals surface area contributed by atoms with E-state index < -0.39 is 0 Å². The fraction of sp³-hybridized carbons (Fsp3) is 0.311. The van der Waals surface area contributed by atoms with Gasteiger partial charge >= 0.3 is 0 Å². The molecule has 1 amide bonds. The van der Waals surface area contributed by atoms with Crippen molar-refractivity contribution in [3.05, 3.63) is 118 Å². The zero-order valence-corrected chi connectivity index (χ0v) is 34.8. The van der Waals surface area contributed by atoms with E-state index in [1.54, 1.807) is 12.4 Å². The zero-order chi connectivity index (χ0) is 40.8. The van der Waals surface area contributed by atoms with Crippen molar-refractivity contribution in [2.24, 2.45) is 0 Å². The SMILES string of the molecule is CC(c1ccc(Cl)cc1Cl)n1cnc(-c2ccccc2)c1-c1c(C(=O)Nc2cc(OCCO)ccc2N2CCC(N(C)CCCCC=O)CC2)[nH]c2cc(Cl)ccc12. The van der Waals surface area contributed by atoms with Gasteiger partial charge in [-0.1, -0.05) is 77.3 Å². The fourth-order valence-electron chi connectivity index (χ4n) is 7.93. The van der Waals surface area contributed by atoms with Crippen molar-refractivity contribution in [2.75, 3.05) is 50.1 Å². The maximum Gasteiger partial charge on any atom is 0.272 e. The van der Waals surface area contributed by atoms with Crippen LogP contribution in [0.2, 0.25) is 15.1 Å². The highest BCUT2D eigenvalue weighted by atomic mass is 35.5. The molecule has 302 valence electrons. The number of amides is 1. The number of carbonyl (C=O) groups is 2. The summed E-state index contributed by atoms with van der Waals surface area (Å²) in [4.78, 5) is 38.8. The molecule has 6 aromatic rings. The number of nitrogens with zero attached hydrogens (tertiary/aromatic N) is 4. The molecule has 1 saturated heterocycles. The Bertz CT molecular complexity index is 2370. The van der Waals surface area contributed by atoms with Gasteiger partial charge in [0.1, 0.15) is 24.3 Å². The number of benzene rings is 4. The summed E-state index contributed by atoms with van der Waals surface area (Å²) in [5, 5.41) is 15.1. The summed E-state index contributed by atoms with van der Waals surface area (Å²) in [5.41, 5.74) is 6.27. The number of halogens is 3. The number of nitrogens with one attached hydrogen (secondary N) is 2. The van der Waals surface area contributed by atoms with Crippen LogP contribution in [-0.4, -0.2) is 82.7 Å². The van der Waals surface area contributed by atoms with Gasteiger partial charge in [0, 0.05) is 68.7 Å². The largest absolute Gasteiger partial charge is 0.491 e. The molecule has 3 heterocycles. The van der Waals surface area contributed by atoms with Gasteiger partial charge in [-0.2, -0.15) is 0 Å². The van der Waals surface area contributed by atoms with Gasteiger partial charge < -0.3 is 39.3 Å². The lowest BCUT2D eigenvalue weighted by atomic mass is 9.99. The highest BCUT2D eigenvalue weighted by molar-refractivity contribution is 6.35. The van der Waals surface area contributed by atoms with Crippen LogP contribution in [0.3, 0.4) is 0 Å². The molecule has 1 atom stereocenters. The zero-order valence-electron chi connectivity index (χ0n) is 32.6. The Morgan fingerprint density at radius 3 is 2.52 bits per heavy atom. The number of ether oxygens (including phenoxy) is 1. The van der Waals surface area contributed by atoms with Crippen LogP contribution in [0.25, 0.3) is 33.4 Å². The molecular weight excluding hydrogens is 795 g/mol. The van der Waals surface area contributed by atoms with E-state index in [1.807, 2.05) is 90.4 Å². The van der Waals surface area contributed by atoms with Crippen molar-refractivity contribution in [3.8, 4) is 28.3 Å². The lowest BCUT2D eigenvalue weighted by molar-refractivity contribution is -0.107. The molecule has 3 N–H and O–H groups in total. The quantitative estimate of drug-likeness (QED) is 0.0657. The second-order valence-electron chi connectivity index (χ2n) is 14.7. The number of hydrogen-bond acceptors (Lipinski definition) is 7. The number of aliphatic hydroxyl groups excluding tert-OH is 1. The average Bonchev–Trinajstić information content (AvgIpc) is 3.83. The standard InChI is InChI=1S/C45H47Cl3N6O4/c1-29(35-14-11-31(46)25-37(35)48)54-28-49-42(30-9-5-3-6-10-30)44(54)41-36-15-12-32(47)26-38(36)50-43(41)45(57)51-39-27-34(58-24-23-56)13-16-40(39)53-20-17-33(18-21-53)52(2)19-7-4-8-22-55/h3,5-6,9-16,22,25-29,33,50,56H,4,7-8,17-21,23-24H2,1-2H3,(H,51,57). The second-order valence-corrected chi connectivity index (χ2v) is 16.0. The summed E-state index contributed by atoms with van der Waals surface area (Å²) in [7, 11) is 2.16. The Morgan fingerprint density at radius 1 is 1.02 bits per heavy atom. The lowest BCUT2D eigenvalue weighted by Crippen LogP contribution is -2.44. The number of H-pyrrole nitrogens is 1. The molecule has 4 aromatic carbocycles. The Hall–Kier alpha value is -4.84. The van der Waals surface area contributed by atoms with E-state index in [-0.39, 0.29) is 25.2 Å². The molecule has 1 unspecified atom stereocenters. The molecule has 13 heteroatoms. The van der Waals surface area contributed by atoms with Crippen LogP contribution in [0, 0.1) is 0 Å². The first-order valence-corrected chi connectivity index (χ1v) is 20.8. The summed E-state index contributed by atoms with van der Waals surface area (Å²) in [6.45, 7) is 4.56. The molecule has 7 rings (SSSR count). The van der Waals surface area contributed by atoms with Crippen LogP contribution in [0.5, 0.6) is 5.75 Å². The van der Waals surface area contributed by atoms with Crippen molar-refractivity contribution in [1.29, 1.82) is 0 Å². The van der Waals surface area contributed by atoms with Gasteiger partial charge in [0.15, 0.2) is 0 Å². The van der Waals surface area contributed by atoms with Crippen molar-refractivity contribution in [1.82, 2.24) is 19.4 Å². The summed E-state index contributed by atoms with van der Waals surface area (Å²) < 4.78 is 7.88. The number of anilines is 2. The number of aromatic amines is 1. The summed E-state index contributed by atoms with van der Waals surface area (Å²) in [6, 6.07) is 26.7. The smallest absolute Gasteiger partial charge is 0.272 e. The lowest BCUT2D eigenvalue weighted by Gasteiger charge is -2.38. The first kappa shape index (κ1) is 41.3. The number of hydrogen-bond donors (Lipinski definition) is 3. The van der Waals surface area contributed by atoms with Gasteiger partial charge in [-0.05, 0) is 88.2 Å². The number of imidazole rings is 1. The van der Waals surface area contributed by atoms with Crippen LogP contribution >= 0.6 is 34.8 Å². The normalized spacial score (nSPS) is 13.9. The molecule has 0 spiro atoms. The van der Waals surface area contributed by atoms with Gasteiger partial charge in [0.05, 0.1) is 41.7 Å². The number of fused-ring (bicyclic) bond motifs is 1. The van der Waals surface area contributed by atoms with E-state index in [9.17, 15) is 14.7 Å². The number of aldehydes is 1. The Labute approximate surface area is 353 Å².